The number of hydrogen-bond donors (Lipinski definition) is 2. The molecule has 0 radical (unpaired) electrons. The van der Waals surface area contributed by atoms with Crippen LogP contribution in [0.1, 0.15) is 11.5 Å². The van der Waals surface area contributed by atoms with Gasteiger partial charge in [-0.05, 0) is 22.4 Å². The van der Waals surface area contributed by atoms with Gasteiger partial charge in [0.25, 0.3) is 0 Å². The zero-order valence-electron chi connectivity index (χ0n) is 8.07. The van der Waals surface area contributed by atoms with E-state index in [4.69, 9.17) is 15.9 Å². The zero-order chi connectivity index (χ0) is 11.4. The van der Waals surface area contributed by atoms with Gasteiger partial charge >= 0.3 is 0 Å². The first-order valence-electron chi connectivity index (χ1n) is 4.26. The summed E-state index contributed by atoms with van der Waals surface area (Å²) in [6.07, 6.45) is 2.92. The molecule has 0 amide bonds. The number of amidine groups is 1. The molecule has 2 aromatic rings. The van der Waals surface area contributed by atoms with E-state index < -0.39 is 0 Å². The third-order valence-electron chi connectivity index (χ3n) is 1.65. The third kappa shape index (κ3) is 2.05. The number of nitrogen functional groups attached to an aromatic ring is 1. The SMILES string of the molecule is N/C(=N\N=C\c1ccco1)c1nonc1N. The van der Waals surface area contributed by atoms with Gasteiger partial charge in [-0.3, -0.25) is 0 Å². The fraction of sp³-hybridized carbons (Fsp3) is 0. The topological polar surface area (TPSA) is 129 Å². The summed E-state index contributed by atoms with van der Waals surface area (Å²) in [6, 6.07) is 3.45. The van der Waals surface area contributed by atoms with Crippen LogP contribution in [0.4, 0.5) is 5.82 Å². The summed E-state index contributed by atoms with van der Waals surface area (Å²) in [5.74, 6) is 0.638. The molecule has 2 aromatic heterocycles. The molecule has 2 rings (SSSR count). The van der Waals surface area contributed by atoms with Crippen LogP contribution in [0, 0.1) is 0 Å². The highest BCUT2D eigenvalue weighted by Gasteiger charge is 2.09. The highest BCUT2D eigenvalue weighted by molar-refractivity contribution is 5.99. The Bertz CT molecular complexity index is 512. The molecule has 0 aliphatic heterocycles. The molecule has 0 fully saturated rings. The van der Waals surface area contributed by atoms with Gasteiger partial charge in [0, 0.05) is 0 Å². The standard InChI is InChI=1S/C8H8N6O2/c9-7(6-8(10)14-16-13-6)12-11-4-5-2-1-3-15-5/h1-4H,(H2,9,12)(H2,10,14)/b11-4+. The van der Waals surface area contributed by atoms with Crippen molar-refractivity contribution < 1.29 is 9.05 Å². The van der Waals surface area contributed by atoms with Gasteiger partial charge in [0.05, 0.1) is 12.5 Å². The van der Waals surface area contributed by atoms with Crippen LogP contribution in [0.3, 0.4) is 0 Å². The quantitative estimate of drug-likeness (QED) is 0.425. The zero-order valence-corrected chi connectivity index (χ0v) is 8.07. The number of nitrogens with two attached hydrogens (primary N) is 2. The van der Waals surface area contributed by atoms with Crippen molar-refractivity contribution >= 4 is 17.9 Å². The van der Waals surface area contributed by atoms with Gasteiger partial charge in [-0.25, -0.2) is 4.63 Å². The monoisotopic (exact) mass is 220 g/mol. The minimum atomic E-state index is 0.0153. The molecule has 0 aromatic carbocycles. The Labute approximate surface area is 89.6 Å². The Morgan fingerprint density at radius 1 is 1.44 bits per heavy atom. The molecule has 0 saturated carbocycles. The van der Waals surface area contributed by atoms with Gasteiger partial charge in [-0.15, -0.1) is 5.10 Å². The maximum atomic E-state index is 5.54. The number of aromatic nitrogens is 2. The first kappa shape index (κ1) is 9.90. The molecule has 8 nitrogen and oxygen atoms in total. The van der Waals surface area contributed by atoms with Gasteiger partial charge in [-0.1, -0.05) is 0 Å². The number of anilines is 1. The van der Waals surface area contributed by atoms with E-state index in [1.807, 2.05) is 0 Å². The van der Waals surface area contributed by atoms with Crippen LogP contribution >= 0.6 is 0 Å². The van der Waals surface area contributed by atoms with E-state index in [2.05, 4.69) is 25.1 Å². The summed E-state index contributed by atoms with van der Waals surface area (Å²) in [5, 5.41) is 14.2. The lowest BCUT2D eigenvalue weighted by Gasteiger charge is -1.90. The van der Waals surface area contributed by atoms with Crippen LogP contribution in [0.2, 0.25) is 0 Å². The van der Waals surface area contributed by atoms with Crippen molar-refractivity contribution in [3.8, 4) is 0 Å². The van der Waals surface area contributed by atoms with E-state index in [0.29, 0.717) is 5.76 Å². The van der Waals surface area contributed by atoms with Crippen molar-refractivity contribution in [1.82, 2.24) is 10.3 Å². The first-order chi connectivity index (χ1) is 7.77. The molecule has 0 aliphatic rings. The van der Waals surface area contributed by atoms with Crippen molar-refractivity contribution in [3.63, 3.8) is 0 Å². The normalized spacial score (nSPS) is 12.4. The minimum Gasteiger partial charge on any atom is -0.463 e. The molecule has 16 heavy (non-hydrogen) atoms. The van der Waals surface area contributed by atoms with Gasteiger partial charge in [0.1, 0.15) is 5.76 Å². The Hall–Kier alpha value is -2.64. The number of rotatable bonds is 3. The Morgan fingerprint density at radius 3 is 2.94 bits per heavy atom. The van der Waals surface area contributed by atoms with Gasteiger partial charge < -0.3 is 15.9 Å². The van der Waals surface area contributed by atoms with E-state index in [0.717, 1.165) is 0 Å². The highest BCUT2D eigenvalue weighted by atomic mass is 16.6. The summed E-state index contributed by atoms with van der Waals surface area (Å²) in [6.45, 7) is 0. The van der Waals surface area contributed by atoms with Crippen molar-refractivity contribution in [2.24, 2.45) is 15.9 Å². The lowest BCUT2D eigenvalue weighted by Crippen LogP contribution is -2.15. The maximum absolute atomic E-state index is 5.54. The molecule has 0 unspecified atom stereocenters. The summed E-state index contributed by atoms with van der Waals surface area (Å²) < 4.78 is 9.36. The first-order valence-corrected chi connectivity index (χ1v) is 4.26. The van der Waals surface area contributed by atoms with Crippen LogP contribution in [0.25, 0.3) is 0 Å². The molecule has 0 bridgehead atoms. The Morgan fingerprint density at radius 2 is 2.31 bits per heavy atom. The highest BCUT2D eigenvalue weighted by Crippen LogP contribution is 2.03. The number of furan rings is 1. The van der Waals surface area contributed by atoms with Gasteiger partial charge in [0.15, 0.2) is 17.3 Å². The predicted octanol–water partition coefficient (Wildman–Crippen LogP) is -0.0158. The van der Waals surface area contributed by atoms with E-state index in [1.165, 1.54) is 12.5 Å². The number of nitrogens with zero attached hydrogens (tertiary/aromatic N) is 4. The lowest BCUT2D eigenvalue weighted by atomic mass is 10.4. The summed E-state index contributed by atoms with van der Waals surface area (Å²) >= 11 is 0. The van der Waals surface area contributed by atoms with Crippen LogP contribution < -0.4 is 11.5 Å². The molecule has 0 atom stereocenters. The van der Waals surface area contributed by atoms with Crippen LogP contribution in [-0.2, 0) is 0 Å². The van der Waals surface area contributed by atoms with Crippen LogP contribution in [-0.4, -0.2) is 22.4 Å². The van der Waals surface area contributed by atoms with E-state index in [9.17, 15) is 0 Å². The molecule has 0 saturated heterocycles. The summed E-state index contributed by atoms with van der Waals surface area (Å²) in [5.41, 5.74) is 11.1. The molecule has 0 aliphatic carbocycles. The van der Waals surface area contributed by atoms with Gasteiger partial charge in [0.2, 0.25) is 0 Å². The molecule has 4 N–H and O–H groups in total. The Kier molecular flexibility index (Phi) is 2.63. The second-order valence-corrected chi connectivity index (χ2v) is 2.74. The van der Waals surface area contributed by atoms with Crippen molar-refractivity contribution in [2.45, 2.75) is 0 Å². The average molecular weight is 220 g/mol. The van der Waals surface area contributed by atoms with E-state index in [1.54, 1.807) is 12.1 Å². The van der Waals surface area contributed by atoms with Gasteiger partial charge in [-0.2, -0.15) is 5.10 Å². The second-order valence-electron chi connectivity index (χ2n) is 2.74. The largest absolute Gasteiger partial charge is 0.463 e. The molecule has 8 heteroatoms. The molecule has 0 spiro atoms. The average Bonchev–Trinajstić information content (AvgIpc) is 2.88. The van der Waals surface area contributed by atoms with Crippen molar-refractivity contribution in [2.75, 3.05) is 5.73 Å². The van der Waals surface area contributed by atoms with E-state index >= 15 is 0 Å². The smallest absolute Gasteiger partial charge is 0.199 e. The molecular formula is C8H8N6O2. The lowest BCUT2D eigenvalue weighted by molar-refractivity contribution is 0.308. The third-order valence-corrected chi connectivity index (χ3v) is 1.65. The predicted molar refractivity (Wildman–Crippen MR) is 55.7 cm³/mol. The second kappa shape index (κ2) is 4.26. The fourth-order valence-corrected chi connectivity index (χ4v) is 0.933. The molecule has 2 heterocycles. The Balaban J connectivity index is 2.11. The summed E-state index contributed by atoms with van der Waals surface area (Å²) in [7, 11) is 0. The van der Waals surface area contributed by atoms with Crippen LogP contribution in [0.15, 0.2) is 37.6 Å². The van der Waals surface area contributed by atoms with E-state index in [-0.39, 0.29) is 17.3 Å². The molecular weight excluding hydrogens is 212 g/mol. The summed E-state index contributed by atoms with van der Waals surface area (Å²) in [4.78, 5) is 0. The van der Waals surface area contributed by atoms with Crippen molar-refractivity contribution in [3.05, 3.63) is 29.9 Å². The number of hydrogen-bond acceptors (Lipinski definition) is 7. The van der Waals surface area contributed by atoms with Crippen molar-refractivity contribution in [1.29, 1.82) is 0 Å². The molecule has 82 valence electrons. The fourth-order valence-electron chi connectivity index (χ4n) is 0.933. The van der Waals surface area contributed by atoms with Crippen LogP contribution in [0.5, 0.6) is 0 Å². The minimum absolute atomic E-state index is 0.0153. The maximum Gasteiger partial charge on any atom is 0.199 e.